The van der Waals surface area contributed by atoms with Gasteiger partial charge in [-0.05, 0) is 52.4 Å². The Morgan fingerprint density at radius 2 is 1.66 bits per heavy atom. The van der Waals surface area contributed by atoms with Crippen LogP contribution in [0.5, 0.6) is 0 Å². The Kier molecular flexibility index (Phi) is 12.5. The van der Waals surface area contributed by atoms with Gasteiger partial charge < -0.3 is 26.2 Å². The number of esters is 1. The molecule has 0 saturated carbocycles. The minimum atomic E-state index is -5.08. The monoisotopic (exact) mass is 593 g/mol. The van der Waals surface area contributed by atoms with Crippen LogP contribution >= 0.6 is 12.6 Å². The number of carbonyl (C=O) groups excluding carboxylic acids is 2. The zero-order valence-electron chi connectivity index (χ0n) is 22.9. The summed E-state index contributed by atoms with van der Waals surface area (Å²) in [5.41, 5.74) is 9.05. The van der Waals surface area contributed by atoms with Crippen molar-refractivity contribution in [2.75, 3.05) is 24.7 Å². The number of carboxylic acids is 1. The molecule has 0 aliphatic carbocycles. The molecule has 1 amide bonds. The number of anilines is 1. The van der Waals surface area contributed by atoms with Gasteiger partial charge in [0.05, 0.1) is 7.11 Å². The molecule has 0 bridgehead atoms. The third-order valence-electron chi connectivity index (χ3n) is 5.89. The molecule has 0 aliphatic heterocycles. The highest BCUT2D eigenvalue weighted by Crippen LogP contribution is 2.33. The van der Waals surface area contributed by atoms with E-state index in [2.05, 4.69) is 23.3 Å². The van der Waals surface area contributed by atoms with E-state index in [-0.39, 0.29) is 17.9 Å². The maximum Gasteiger partial charge on any atom is 0.490 e. The van der Waals surface area contributed by atoms with E-state index < -0.39 is 24.2 Å². The molecule has 41 heavy (non-hydrogen) atoms. The molecule has 3 aromatic carbocycles. The van der Waals surface area contributed by atoms with Crippen LogP contribution in [-0.4, -0.2) is 60.6 Å². The van der Waals surface area contributed by atoms with Crippen molar-refractivity contribution >= 4 is 46.9 Å². The molecule has 0 aliphatic rings. The van der Waals surface area contributed by atoms with Crippen LogP contribution in [0.1, 0.15) is 30.6 Å². The number of ether oxygens (including phenoxy) is 1. The van der Waals surface area contributed by atoms with E-state index in [1.54, 1.807) is 6.07 Å². The number of carbonyl (C=O) groups is 3. The van der Waals surface area contributed by atoms with Crippen molar-refractivity contribution < 1.29 is 37.4 Å². The number of halogens is 3. The third kappa shape index (κ3) is 9.98. The van der Waals surface area contributed by atoms with Crippen LogP contribution in [0, 0.1) is 5.92 Å². The molecule has 3 rings (SSSR count). The molecule has 12 heteroatoms. The predicted octanol–water partition coefficient (Wildman–Crippen LogP) is 5.13. The molecule has 0 radical (unpaired) electrons. The zero-order chi connectivity index (χ0) is 30.7. The molecule has 0 saturated heterocycles. The second-order valence-electron chi connectivity index (χ2n) is 9.59. The molecule has 0 fully saturated rings. The Hall–Kier alpha value is -3.77. The molecule has 8 nitrogen and oxygen atoms in total. The van der Waals surface area contributed by atoms with Gasteiger partial charge in [-0.3, -0.25) is 4.79 Å². The predicted molar refractivity (Wildman–Crippen MR) is 156 cm³/mol. The van der Waals surface area contributed by atoms with Crippen molar-refractivity contribution in [3.05, 3.63) is 66.2 Å². The number of hydrogen-bond donors (Lipinski definition) is 5. The SMILES string of the molecule is COC(=O)[C@H](CC(C)C)NC(=O)c1ccc(NC[C@@H](N)CS)cc1-c1cccc2ccccc12.O=C(O)C(F)(F)F. The van der Waals surface area contributed by atoms with Gasteiger partial charge in [-0.2, -0.15) is 25.8 Å². The number of fused-ring (bicyclic) bond motifs is 1. The smallest absolute Gasteiger partial charge is 0.475 e. The van der Waals surface area contributed by atoms with Crippen molar-refractivity contribution in [3.63, 3.8) is 0 Å². The number of carboxylic acid groups (broad SMARTS) is 1. The lowest BCUT2D eigenvalue weighted by Gasteiger charge is -2.20. The average molecular weight is 594 g/mol. The van der Waals surface area contributed by atoms with Gasteiger partial charge in [0.15, 0.2) is 0 Å². The van der Waals surface area contributed by atoms with E-state index in [0.29, 0.717) is 24.3 Å². The summed E-state index contributed by atoms with van der Waals surface area (Å²) in [6.45, 7) is 4.56. The fraction of sp³-hybridized carbons (Fsp3) is 0.345. The van der Waals surface area contributed by atoms with E-state index in [1.807, 2.05) is 68.4 Å². The van der Waals surface area contributed by atoms with Crippen LogP contribution in [-0.2, 0) is 14.3 Å². The Labute approximate surface area is 241 Å². The van der Waals surface area contributed by atoms with E-state index in [1.165, 1.54) is 7.11 Å². The minimum Gasteiger partial charge on any atom is -0.475 e. The number of aliphatic carboxylic acids is 1. The van der Waals surface area contributed by atoms with Crippen molar-refractivity contribution in [1.29, 1.82) is 0 Å². The molecule has 3 aromatic rings. The van der Waals surface area contributed by atoms with Crippen LogP contribution < -0.4 is 16.4 Å². The standard InChI is InChI=1S/C27H33N3O3S.C2HF3O2/c1-17(2)13-25(27(32)33-3)30-26(31)23-12-11-20(29-15-19(28)16-34)14-24(23)22-10-6-8-18-7-4-5-9-21(18)22;3-2(4,5)1(6)7/h4-12,14,17,19,25,29,34H,13,15-16,28H2,1-3H3,(H,30,31);(H,6,7)/t19-,25+;/m1./s1. The first kappa shape index (κ1) is 33.4. The highest BCUT2D eigenvalue weighted by molar-refractivity contribution is 7.80. The molecular weight excluding hydrogens is 559 g/mol. The lowest BCUT2D eigenvalue weighted by Crippen LogP contribution is -2.42. The highest BCUT2D eigenvalue weighted by Gasteiger charge is 2.38. The molecule has 0 aromatic heterocycles. The molecule has 0 unspecified atom stereocenters. The van der Waals surface area contributed by atoms with Gasteiger partial charge in [0.1, 0.15) is 6.04 Å². The van der Waals surface area contributed by atoms with E-state index >= 15 is 0 Å². The van der Waals surface area contributed by atoms with Crippen LogP contribution in [0.25, 0.3) is 21.9 Å². The quantitative estimate of drug-likeness (QED) is 0.163. The molecule has 5 N–H and O–H groups in total. The maximum atomic E-state index is 13.4. The Morgan fingerprint density at radius 1 is 1.02 bits per heavy atom. The summed E-state index contributed by atoms with van der Waals surface area (Å²) >= 11 is 4.25. The zero-order valence-corrected chi connectivity index (χ0v) is 23.8. The fourth-order valence-electron chi connectivity index (χ4n) is 3.91. The van der Waals surface area contributed by atoms with Crippen molar-refractivity contribution in [2.45, 2.75) is 38.5 Å². The maximum absolute atomic E-state index is 13.4. The number of alkyl halides is 3. The molecule has 0 spiro atoms. The first-order chi connectivity index (χ1) is 19.3. The average Bonchev–Trinajstić information content (AvgIpc) is 2.94. The number of benzene rings is 3. The van der Waals surface area contributed by atoms with Crippen LogP contribution in [0.3, 0.4) is 0 Å². The first-order valence-electron chi connectivity index (χ1n) is 12.7. The highest BCUT2D eigenvalue weighted by atomic mass is 32.1. The summed E-state index contributed by atoms with van der Waals surface area (Å²) in [4.78, 5) is 34.6. The Bertz CT molecular complexity index is 1350. The van der Waals surface area contributed by atoms with Gasteiger partial charge in [0.2, 0.25) is 0 Å². The summed E-state index contributed by atoms with van der Waals surface area (Å²) in [5.74, 6) is -2.75. The first-order valence-corrected chi connectivity index (χ1v) is 13.3. The van der Waals surface area contributed by atoms with Gasteiger partial charge in [-0.25, -0.2) is 9.59 Å². The number of amides is 1. The molecular formula is C29H34F3N3O5S. The van der Waals surface area contributed by atoms with Crippen molar-refractivity contribution in [3.8, 4) is 11.1 Å². The summed E-state index contributed by atoms with van der Waals surface area (Å²) in [6.07, 6.45) is -4.59. The van der Waals surface area contributed by atoms with E-state index in [9.17, 15) is 22.8 Å². The van der Waals surface area contributed by atoms with E-state index in [4.69, 9.17) is 20.4 Å². The topological polar surface area (TPSA) is 131 Å². The normalized spacial score (nSPS) is 12.6. The summed E-state index contributed by atoms with van der Waals surface area (Å²) in [5, 5.41) is 15.5. The molecule has 222 valence electrons. The van der Waals surface area contributed by atoms with Gasteiger partial charge in [-0.1, -0.05) is 56.3 Å². The summed E-state index contributed by atoms with van der Waals surface area (Å²) < 4.78 is 36.7. The number of thiol groups is 1. The van der Waals surface area contributed by atoms with Crippen LogP contribution in [0.2, 0.25) is 0 Å². The molecule has 0 heterocycles. The Morgan fingerprint density at radius 3 is 2.24 bits per heavy atom. The van der Waals surface area contributed by atoms with Gasteiger partial charge in [0, 0.05) is 29.6 Å². The van der Waals surface area contributed by atoms with Crippen LogP contribution in [0.15, 0.2) is 60.7 Å². The number of rotatable bonds is 10. The molecule has 2 atom stereocenters. The van der Waals surface area contributed by atoms with Crippen molar-refractivity contribution in [1.82, 2.24) is 5.32 Å². The minimum absolute atomic E-state index is 0.0934. The second-order valence-corrected chi connectivity index (χ2v) is 9.96. The number of hydrogen-bond acceptors (Lipinski definition) is 7. The van der Waals surface area contributed by atoms with E-state index in [0.717, 1.165) is 27.6 Å². The number of methoxy groups -OCH3 is 1. The number of nitrogens with one attached hydrogen (secondary N) is 2. The Balaban J connectivity index is 0.000000745. The number of nitrogens with two attached hydrogens (primary N) is 1. The second kappa shape index (κ2) is 15.3. The summed E-state index contributed by atoms with van der Waals surface area (Å²) in [7, 11) is 1.33. The lowest BCUT2D eigenvalue weighted by molar-refractivity contribution is -0.192. The van der Waals surface area contributed by atoms with Gasteiger partial charge in [-0.15, -0.1) is 0 Å². The van der Waals surface area contributed by atoms with Crippen molar-refractivity contribution in [2.24, 2.45) is 11.7 Å². The van der Waals surface area contributed by atoms with Gasteiger partial charge >= 0.3 is 18.1 Å². The third-order valence-corrected chi connectivity index (χ3v) is 6.36. The fourth-order valence-corrected chi connectivity index (χ4v) is 4.04. The largest absolute Gasteiger partial charge is 0.490 e. The van der Waals surface area contributed by atoms with Gasteiger partial charge in [0.25, 0.3) is 5.91 Å². The lowest BCUT2D eigenvalue weighted by atomic mass is 9.93. The van der Waals surface area contributed by atoms with Crippen LogP contribution in [0.4, 0.5) is 18.9 Å². The summed E-state index contributed by atoms with van der Waals surface area (Å²) in [6, 6.07) is 18.9.